The lowest BCUT2D eigenvalue weighted by Crippen LogP contribution is -2.45. The largest absolute Gasteiger partial charge is 0.458 e. The average Bonchev–Trinajstić information content (AvgIpc) is 2.99. The van der Waals surface area contributed by atoms with E-state index in [1.54, 1.807) is 0 Å². The number of ether oxygens (including phenoxy) is 1. The summed E-state index contributed by atoms with van der Waals surface area (Å²) >= 11 is 5.80. The van der Waals surface area contributed by atoms with Crippen LogP contribution in [0.25, 0.3) is 5.65 Å². The quantitative estimate of drug-likeness (QED) is 0.707. The Morgan fingerprint density at radius 2 is 2.12 bits per heavy atom. The Hall–Kier alpha value is -2.67. The second kappa shape index (κ2) is 6.92. The van der Waals surface area contributed by atoms with E-state index in [2.05, 4.69) is 15.0 Å². The van der Waals surface area contributed by atoms with Gasteiger partial charge in [-0.15, -0.1) is 0 Å². The zero-order valence-electron chi connectivity index (χ0n) is 14.3. The number of carbonyl (C=O) groups excluding carboxylic acids is 1. The van der Waals surface area contributed by atoms with Crippen LogP contribution < -0.4 is 4.74 Å². The van der Waals surface area contributed by atoms with Crippen LogP contribution in [0.3, 0.4) is 0 Å². The van der Waals surface area contributed by atoms with Crippen molar-refractivity contribution in [2.75, 3.05) is 13.1 Å². The summed E-state index contributed by atoms with van der Waals surface area (Å²) in [6.07, 6.45) is 6.42. The Morgan fingerprint density at radius 3 is 2.92 bits per heavy atom. The van der Waals surface area contributed by atoms with Crippen molar-refractivity contribution in [3.05, 3.63) is 53.2 Å². The molecule has 0 aromatic carbocycles. The van der Waals surface area contributed by atoms with E-state index in [4.69, 9.17) is 16.3 Å². The summed E-state index contributed by atoms with van der Waals surface area (Å²) < 4.78 is 7.67. The van der Waals surface area contributed by atoms with Crippen LogP contribution in [0.1, 0.15) is 29.0 Å². The number of carbonyl (C=O) groups is 1. The highest BCUT2D eigenvalue weighted by atomic mass is 35.5. The van der Waals surface area contributed by atoms with E-state index in [-0.39, 0.29) is 18.0 Å². The molecule has 1 unspecified atom stereocenters. The van der Waals surface area contributed by atoms with Gasteiger partial charge in [-0.2, -0.15) is 0 Å². The van der Waals surface area contributed by atoms with E-state index in [1.807, 2.05) is 40.6 Å². The lowest BCUT2D eigenvalue weighted by Gasteiger charge is -2.32. The molecule has 0 aliphatic carbocycles. The lowest BCUT2D eigenvalue weighted by atomic mass is 10.1. The van der Waals surface area contributed by atoms with Crippen LogP contribution in [0.5, 0.6) is 6.01 Å². The van der Waals surface area contributed by atoms with Crippen molar-refractivity contribution in [1.29, 1.82) is 0 Å². The number of piperidine rings is 1. The first-order valence-electron chi connectivity index (χ1n) is 8.49. The molecule has 26 heavy (non-hydrogen) atoms. The number of fused-ring (bicyclic) bond motifs is 1. The Kier molecular flexibility index (Phi) is 4.46. The predicted octanol–water partition coefficient (Wildman–Crippen LogP) is 2.77. The highest BCUT2D eigenvalue weighted by Crippen LogP contribution is 2.20. The molecule has 0 bridgehead atoms. The maximum absolute atomic E-state index is 13.1. The van der Waals surface area contributed by atoms with Gasteiger partial charge in [0, 0.05) is 12.7 Å². The first-order valence-corrected chi connectivity index (χ1v) is 8.87. The summed E-state index contributed by atoms with van der Waals surface area (Å²) in [6, 6.07) is 5.97. The number of hydrogen-bond donors (Lipinski definition) is 0. The molecule has 1 atom stereocenters. The van der Waals surface area contributed by atoms with E-state index >= 15 is 0 Å². The molecule has 0 radical (unpaired) electrons. The molecule has 1 fully saturated rings. The number of amides is 1. The maximum Gasteiger partial charge on any atom is 0.316 e. The van der Waals surface area contributed by atoms with Crippen molar-refractivity contribution in [3.63, 3.8) is 0 Å². The van der Waals surface area contributed by atoms with E-state index in [9.17, 15) is 4.79 Å². The smallest absolute Gasteiger partial charge is 0.316 e. The first-order chi connectivity index (χ1) is 12.6. The highest BCUT2D eigenvalue weighted by Gasteiger charge is 2.29. The minimum atomic E-state index is -0.145. The summed E-state index contributed by atoms with van der Waals surface area (Å²) in [4.78, 5) is 27.5. The zero-order chi connectivity index (χ0) is 18.1. The van der Waals surface area contributed by atoms with Gasteiger partial charge in [0.05, 0.1) is 29.7 Å². The van der Waals surface area contributed by atoms with Crippen molar-refractivity contribution < 1.29 is 9.53 Å². The molecular formula is C18H18ClN5O2. The third-order valence-electron chi connectivity index (χ3n) is 4.44. The van der Waals surface area contributed by atoms with Gasteiger partial charge in [0.25, 0.3) is 5.91 Å². The van der Waals surface area contributed by atoms with E-state index in [0.717, 1.165) is 24.2 Å². The molecule has 1 aliphatic heterocycles. The van der Waals surface area contributed by atoms with E-state index in [0.29, 0.717) is 23.8 Å². The Morgan fingerprint density at radius 1 is 1.31 bits per heavy atom. The predicted molar refractivity (Wildman–Crippen MR) is 96.5 cm³/mol. The van der Waals surface area contributed by atoms with E-state index in [1.165, 1.54) is 12.4 Å². The number of nitrogens with zero attached hydrogens (tertiary/aromatic N) is 5. The zero-order valence-corrected chi connectivity index (χ0v) is 15.1. The molecule has 0 saturated carbocycles. The van der Waals surface area contributed by atoms with Crippen LogP contribution in [0, 0.1) is 6.92 Å². The fourth-order valence-electron chi connectivity index (χ4n) is 3.25. The molecule has 1 amide bonds. The maximum atomic E-state index is 13.1. The SMILES string of the molecule is Cc1nc2ccccn2c1C(=O)N1CCCC(Oc2ncc(Cl)cn2)C1. The fraction of sp³-hybridized carbons (Fsp3) is 0.333. The molecule has 0 N–H and O–H groups in total. The fourth-order valence-corrected chi connectivity index (χ4v) is 3.35. The second-order valence-electron chi connectivity index (χ2n) is 6.29. The second-order valence-corrected chi connectivity index (χ2v) is 6.73. The van der Waals surface area contributed by atoms with Gasteiger partial charge in [-0.1, -0.05) is 17.7 Å². The monoisotopic (exact) mass is 371 g/mol. The molecule has 8 heteroatoms. The average molecular weight is 372 g/mol. The number of imidazole rings is 1. The third kappa shape index (κ3) is 3.22. The Bertz CT molecular complexity index is 940. The van der Waals surface area contributed by atoms with Crippen LogP contribution in [-0.2, 0) is 0 Å². The number of aromatic nitrogens is 4. The summed E-state index contributed by atoms with van der Waals surface area (Å²) in [5.41, 5.74) is 2.10. The van der Waals surface area contributed by atoms with Crippen molar-refractivity contribution >= 4 is 23.2 Å². The topological polar surface area (TPSA) is 72.6 Å². The number of aryl methyl sites for hydroxylation is 1. The van der Waals surface area contributed by atoms with Gasteiger partial charge in [-0.3, -0.25) is 9.20 Å². The molecule has 7 nitrogen and oxygen atoms in total. The molecule has 4 heterocycles. The minimum Gasteiger partial charge on any atom is -0.458 e. The normalized spacial score (nSPS) is 17.5. The van der Waals surface area contributed by atoms with Crippen molar-refractivity contribution in [3.8, 4) is 6.01 Å². The van der Waals surface area contributed by atoms with Crippen molar-refractivity contribution in [2.45, 2.75) is 25.9 Å². The first kappa shape index (κ1) is 16.8. The summed E-state index contributed by atoms with van der Waals surface area (Å²) in [7, 11) is 0. The van der Waals surface area contributed by atoms with Crippen LogP contribution in [-0.4, -0.2) is 49.4 Å². The molecule has 3 aromatic rings. The molecule has 1 aliphatic rings. The van der Waals surface area contributed by atoms with Crippen molar-refractivity contribution in [2.24, 2.45) is 0 Å². The molecule has 134 valence electrons. The van der Waals surface area contributed by atoms with Crippen molar-refractivity contribution in [1.82, 2.24) is 24.3 Å². The third-order valence-corrected chi connectivity index (χ3v) is 4.64. The lowest BCUT2D eigenvalue weighted by molar-refractivity contribution is 0.0509. The summed E-state index contributed by atoms with van der Waals surface area (Å²) in [6.45, 7) is 3.05. The Balaban J connectivity index is 1.52. The van der Waals surface area contributed by atoms with Gasteiger partial charge in [-0.05, 0) is 31.9 Å². The highest BCUT2D eigenvalue weighted by molar-refractivity contribution is 6.30. The van der Waals surface area contributed by atoms with E-state index < -0.39 is 0 Å². The van der Waals surface area contributed by atoms with Gasteiger partial charge in [0.2, 0.25) is 0 Å². The number of hydrogen-bond acceptors (Lipinski definition) is 5. The van der Waals surface area contributed by atoms with Gasteiger partial charge >= 0.3 is 6.01 Å². The summed E-state index contributed by atoms with van der Waals surface area (Å²) in [5, 5.41) is 0.459. The van der Waals surface area contributed by atoms with Crippen LogP contribution in [0.15, 0.2) is 36.8 Å². The number of halogens is 1. The Labute approximate surface area is 155 Å². The molecule has 4 rings (SSSR count). The summed E-state index contributed by atoms with van der Waals surface area (Å²) in [5.74, 6) is -0.0356. The molecule has 0 spiro atoms. The number of likely N-dealkylation sites (tertiary alicyclic amines) is 1. The molecular weight excluding hydrogens is 354 g/mol. The van der Waals surface area contributed by atoms with Gasteiger partial charge in [0.1, 0.15) is 17.4 Å². The van der Waals surface area contributed by atoms with Crippen LogP contribution >= 0.6 is 11.6 Å². The van der Waals surface area contributed by atoms with Gasteiger partial charge in [0.15, 0.2) is 0 Å². The molecule has 3 aromatic heterocycles. The standard InChI is InChI=1S/C18H18ClN5O2/c1-12-16(24-8-3-2-6-15(24)22-12)17(25)23-7-4-5-14(11-23)26-18-20-9-13(19)10-21-18/h2-3,6,8-10,14H,4-5,7,11H2,1H3. The number of pyridine rings is 1. The van der Waals surface area contributed by atoms with Gasteiger partial charge in [-0.25, -0.2) is 15.0 Å². The van der Waals surface area contributed by atoms with Crippen LogP contribution in [0.2, 0.25) is 5.02 Å². The van der Waals surface area contributed by atoms with Gasteiger partial charge < -0.3 is 9.64 Å². The molecule has 1 saturated heterocycles. The minimum absolute atomic E-state index is 0.0356. The number of rotatable bonds is 3. The van der Waals surface area contributed by atoms with Crippen LogP contribution in [0.4, 0.5) is 0 Å².